The second kappa shape index (κ2) is 9.38. The molecule has 1 amide bonds. The molecule has 0 saturated heterocycles. The summed E-state index contributed by atoms with van der Waals surface area (Å²) in [6, 6.07) is 16.4. The summed E-state index contributed by atoms with van der Waals surface area (Å²) in [6.45, 7) is 2.07. The lowest BCUT2D eigenvalue weighted by molar-refractivity contribution is 0.102. The van der Waals surface area contributed by atoms with Crippen LogP contribution < -0.4 is 9.62 Å². The minimum atomic E-state index is -3.36. The lowest BCUT2D eigenvalue weighted by atomic mass is 10.2. The van der Waals surface area contributed by atoms with Gasteiger partial charge in [-0.15, -0.1) is 10.2 Å². The summed E-state index contributed by atoms with van der Waals surface area (Å²) < 4.78 is 25.6. The second-order valence-corrected chi connectivity index (χ2v) is 10.2. The molecule has 0 aliphatic heterocycles. The highest BCUT2D eigenvalue weighted by atomic mass is 32.2. The molecule has 0 aliphatic rings. The minimum absolute atomic E-state index is 0.318. The van der Waals surface area contributed by atoms with Gasteiger partial charge in [-0.1, -0.05) is 53.4 Å². The first-order chi connectivity index (χ1) is 13.9. The number of carbonyl (C=O) groups is 1. The molecule has 3 rings (SSSR count). The standard InChI is InChI=1S/C19H20N4O3S3/c1-3-23(29(2,25)26)16-11-9-15(10-12-16)17(24)20-18-21-22-19(28-18)27-13-14-7-5-4-6-8-14/h4-12H,3,13H2,1-2H3,(H,20,21,24). The van der Waals surface area contributed by atoms with Gasteiger partial charge in [-0.05, 0) is 36.8 Å². The molecule has 0 saturated carbocycles. The Hall–Kier alpha value is -2.43. The molecule has 29 heavy (non-hydrogen) atoms. The van der Waals surface area contributed by atoms with Gasteiger partial charge in [0.15, 0.2) is 4.34 Å². The smallest absolute Gasteiger partial charge is 0.257 e. The SMILES string of the molecule is CCN(c1ccc(C(=O)Nc2nnc(SCc3ccccc3)s2)cc1)S(C)(=O)=O. The van der Waals surface area contributed by atoms with E-state index in [4.69, 9.17) is 0 Å². The van der Waals surface area contributed by atoms with Crippen molar-refractivity contribution < 1.29 is 13.2 Å². The number of rotatable bonds is 8. The third-order valence-electron chi connectivity index (χ3n) is 3.94. The van der Waals surface area contributed by atoms with Gasteiger partial charge in [0, 0.05) is 17.9 Å². The Morgan fingerprint density at radius 2 is 1.79 bits per heavy atom. The zero-order valence-corrected chi connectivity index (χ0v) is 18.4. The van der Waals surface area contributed by atoms with Gasteiger partial charge >= 0.3 is 0 Å². The molecule has 0 radical (unpaired) electrons. The molecule has 0 atom stereocenters. The molecular weight excluding hydrogens is 428 g/mol. The molecule has 152 valence electrons. The van der Waals surface area contributed by atoms with Gasteiger partial charge in [-0.25, -0.2) is 8.42 Å². The Kier molecular flexibility index (Phi) is 6.88. The normalized spacial score (nSPS) is 11.2. The summed E-state index contributed by atoms with van der Waals surface area (Å²) in [7, 11) is -3.36. The monoisotopic (exact) mass is 448 g/mol. The highest BCUT2D eigenvalue weighted by Gasteiger charge is 2.16. The van der Waals surface area contributed by atoms with Crippen molar-refractivity contribution in [2.45, 2.75) is 17.0 Å². The van der Waals surface area contributed by atoms with Crippen molar-refractivity contribution in [1.82, 2.24) is 10.2 Å². The predicted molar refractivity (Wildman–Crippen MR) is 118 cm³/mol. The number of nitrogens with one attached hydrogen (secondary N) is 1. The van der Waals surface area contributed by atoms with E-state index in [1.165, 1.54) is 21.2 Å². The Labute approximate surface area is 178 Å². The molecule has 0 bridgehead atoms. The van der Waals surface area contributed by atoms with Gasteiger partial charge in [0.05, 0.1) is 11.9 Å². The first-order valence-electron chi connectivity index (χ1n) is 8.76. The highest BCUT2D eigenvalue weighted by molar-refractivity contribution is 8.00. The predicted octanol–water partition coefficient (Wildman–Crippen LogP) is 3.87. The van der Waals surface area contributed by atoms with E-state index in [0.29, 0.717) is 22.9 Å². The number of anilines is 2. The Morgan fingerprint density at radius 3 is 2.41 bits per heavy atom. The summed E-state index contributed by atoms with van der Waals surface area (Å²) in [4.78, 5) is 12.4. The second-order valence-electron chi connectivity index (χ2n) is 6.08. The van der Waals surface area contributed by atoms with E-state index in [-0.39, 0.29) is 5.91 Å². The molecular formula is C19H20N4O3S3. The number of amides is 1. The molecule has 7 nitrogen and oxygen atoms in total. The molecule has 0 aliphatic carbocycles. The van der Waals surface area contributed by atoms with Crippen molar-refractivity contribution in [1.29, 1.82) is 0 Å². The molecule has 3 aromatic rings. The van der Waals surface area contributed by atoms with Crippen LogP contribution >= 0.6 is 23.1 Å². The van der Waals surface area contributed by atoms with Crippen molar-refractivity contribution in [2.75, 3.05) is 22.4 Å². The summed E-state index contributed by atoms with van der Waals surface area (Å²) in [6.07, 6.45) is 1.15. The summed E-state index contributed by atoms with van der Waals surface area (Å²) in [5, 5.41) is 11.3. The molecule has 0 fully saturated rings. The quantitative estimate of drug-likeness (QED) is 0.415. The number of hydrogen-bond donors (Lipinski definition) is 1. The third-order valence-corrected chi connectivity index (χ3v) is 7.25. The van der Waals surface area contributed by atoms with Gasteiger partial charge in [0.1, 0.15) is 0 Å². The van der Waals surface area contributed by atoms with Gasteiger partial charge < -0.3 is 0 Å². The minimum Gasteiger partial charge on any atom is -0.296 e. The van der Waals surface area contributed by atoms with E-state index in [1.54, 1.807) is 43.0 Å². The molecule has 2 aromatic carbocycles. The van der Waals surface area contributed by atoms with Crippen LogP contribution in [0.5, 0.6) is 0 Å². The number of sulfonamides is 1. The molecule has 1 aromatic heterocycles. The van der Waals surface area contributed by atoms with Crippen LogP contribution in [-0.2, 0) is 15.8 Å². The number of benzene rings is 2. The first-order valence-corrected chi connectivity index (χ1v) is 12.4. The van der Waals surface area contributed by atoms with Crippen molar-refractivity contribution in [2.24, 2.45) is 0 Å². The van der Waals surface area contributed by atoms with Crippen LogP contribution in [0.1, 0.15) is 22.8 Å². The number of carbonyl (C=O) groups excluding carboxylic acids is 1. The summed E-state index contributed by atoms with van der Waals surface area (Å²) in [5.74, 6) is 0.453. The summed E-state index contributed by atoms with van der Waals surface area (Å²) in [5.41, 5.74) is 2.11. The lowest BCUT2D eigenvalue weighted by Gasteiger charge is -2.20. The summed E-state index contributed by atoms with van der Waals surface area (Å²) >= 11 is 2.87. The number of nitrogens with zero attached hydrogens (tertiary/aromatic N) is 3. The van der Waals surface area contributed by atoms with Crippen LogP contribution in [0.3, 0.4) is 0 Å². The molecule has 0 unspecified atom stereocenters. The lowest BCUT2D eigenvalue weighted by Crippen LogP contribution is -2.29. The van der Waals surface area contributed by atoms with Crippen LogP contribution in [0, 0.1) is 0 Å². The van der Waals surface area contributed by atoms with Gasteiger partial charge in [-0.2, -0.15) is 0 Å². The van der Waals surface area contributed by atoms with Crippen LogP contribution in [-0.4, -0.2) is 37.3 Å². The maximum Gasteiger partial charge on any atom is 0.257 e. The van der Waals surface area contributed by atoms with Crippen molar-refractivity contribution in [3.05, 3.63) is 65.7 Å². The van der Waals surface area contributed by atoms with Crippen LogP contribution in [0.25, 0.3) is 0 Å². The van der Waals surface area contributed by atoms with E-state index in [1.807, 2.05) is 30.3 Å². The van der Waals surface area contributed by atoms with Gasteiger partial charge in [0.25, 0.3) is 5.91 Å². The van der Waals surface area contributed by atoms with Gasteiger partial charge in [0.2, 0.25) is 15.2 Å². The third kappa shape index (κ3) is 5.78. The topological polar surface area (TPSA) is 92.3 Å². The van der Waals surface area contributed by atoms with Crippen molar-refractivity contribution in [3.63, 3.8) is 0 Å². The van der Waals surface area contributed by atoms with Crippen LogP contribution in [0.4, 0.5) is 10.8 Å². The highest BCUT2D eigenvalue weighted by Crippen LogP contribution is 2.28. The number of thioether (sulfide) groups is 1. The fraction of sp³-hybridized carbons (Fsp3) is 0.211. The largest absolute Gasteiger partial charge is 0.296 e. The fourth-order valence-electron chi connectivity index (χ4n) is 2.59. The van der Waals surface area contributed by atoms with Crippen LogP contribution in [0.2, 0.25) is 0 Å². The number of aromatic nitrogens is 2. The van der Waals surface area contributed by atoms with E-state index in [2.05, 4.69) is 15.5 Å². The Morgan fingerprint density at radius 1 is 1.10 bits per heavy atom. The van der Waals surface area contributed by atoms with Gasteiger partial charge in [-0.3, -0.25) is 14.4 Å². The average molecular weight is 449 g/mol. The first kappa shape index (κ1) is 21.3. The maximum atomic E-state index is 12.4. The zero-order chi connectivity index (χ0) is 20.9. The van der Waals surface area contributed by atoms with Crippen molar-refractivity contribution in [3.8, 4) is 0 Å². The zero-order valence-electron chi connectivity index (χ0n) is 15.9. The molecule has 10 heteroatoms. The van der Waals surface area contributed by atoms with E-state index >= 15 is 0 Å². The van der Waals surface area contributed by atoms with E-state index in [9.17, 15) is 13.2 Å². The molecule has 1 N–H and O–H groups in total. The Bertz CT molecular complexity index is 1070. The fourth-order valence-corrected chi connectivity index (χ4v) is 5.27. The maximum absolute atomic E-state index is 12.4. The Balaban J connectivity index is 1.61. The molecule has 0 spiro atoms. The number of hydrogen-bond acceptors (Lipinski definition) is 7. The van der Waals surface area contributed by atoms with Crippen LogP contribution in [0.15, 0.2) is 58.9 Å². The van der Waals surface area contributed by atoms with E-state index in [0.717, 1.165) is 16.3 Å². The van der Waals surface area contributed by atoms with Crippen molar-refractivity contribution >= 4 is 49.8 Å². The molecule has 1 heterocycles. The van der Waals surface area contributed by atoms with E-state index < -0.39 is 10.0 Å². The average Bonchev–Trinajstić information content (AvgIpc) is 3.14.